The van der Waals surface area contributed by atoms with Gasteiger partial charge in [-0.25, -0.2) is 4.79 Å². The number of nitrogens with one attached hydrogen (secondary N) is 1. The molecule has 0 fully saturated rings. The van der Waals surface area contributed by atoms with Gasteiger partial charge in [-0.1, -0.05) is 58.7 Å². The number of hydrogen-bond acceptors (Lipinski definition) is 5. The van der Waals surface area contributed by atoms with Crippen molar-refractivity contribution in [1.82, 2.24) is 5.32 Å². The zero-order valence-corrected chi connectivity index (χ0v) is 20.2. The molecule has 1 heterocycles. The molecule has 1 aliphatic heterocycles. The minimum atomic E-state index is -0.484. The van der Waals surface area contributed by atoms with E-state index in [-0.39, 0.29) is 17.2 Å². The van der Waals surface area contributed by atoms with Gasteiger partial charge in [0.05, 0.1) is 24.7 Å². The molecule has 1 atom stereocenters. The van der Waals surface area contributed by atoms with Crippen molar-refractivity contribution in [2.75, 3.05) is 13.2 Å². The van der Waals surface area contributed by atoms with Crippen molar-refractivity contribution in [2.45, 2.75) is 79.1 Å². The molecule has 0 amide bonds. The lowest BCUT2D eigenvalue weighted by atomic mass is 9.68. The highest BCUT2D eigenvalue weighted by molar-refractivity contribution is 6.04. The molecule has 2 aliphatic rings. The Morgan fingerprint density at radius 3 is 2.50 bits per heavy atom. The molecule has 3 rings (SSSR count). The van der Waals surface area contributed by atoms with Crippen LogP contribution in [-0.2, 0) is 14.3 Å². The number of unbranched alkanes of at least 4 members (excludes halogenated alkanes) is 2. The van der Waals surface area contributed by atoms with Crippen LogP contribution in [0.15, 0.2) is 46.8 Å². The van der Waals surface area contributed by atoms with Gasteiger partial charge in [-0.15, -0.1) is 0 Å². The van der Waals surface area contributed by atoms with Crippen LogP contribution in [0.4, 0.5) is 0 Å². The highest BCUT2D eigenvalue weighted by Crippen LogP contribution is 2.48. The fourth-order valence-electron chi connectivity index (χ4n) is 4.58. The lowest BCUT2D eigenvalue weighted by Crippen LogP contribution is -2.38. The second kappa shape index (κ2) is 10.4. The Kier molecular flexibility index (Phi) is 7.81. The fourth-order valence-corrected chi connectivity index (χ4v) is 4.58. The van der Waals surface area contributed by atoms with Crippen LogP contribution in [0.5, 0.6) is 5.75 Å². The number of carbonyl (C=O) groups excluding carboxylic acids is 2. The van der Waals surface area contributed by atoms with E-state index in [1.807, 2.05) is 31.2 Å². The standard InChI is InChI=1S/C27H37NO4/c1-6-8-14-31-22-13-11-10-12-19(22)24-23(26(30)32-15-9-7-2)18(3)28-20-16-27(4,5)17-21(29)25(20)24/h10-13,24,28H,6-9,14-17H2,1-5H3/t24-/m0/s1. The first-order valence-electron chi connectivity index (χ1n) is 11.9. The van der Waals surface area contributed by atoms with Gasteiger partial charge < -0.3 is 14.8 Å². The number of dihydropyridines is 1. The van der Waals surface area contributed by atoms with Crippen molar-refractivity contribution in [1.29, 1.82) is 0 Å². The second-order valence-electron chi connectivity index (χ2n) is 9.66. The third kappa shape index (κ3) is 5.25. The average molecular weight is 440 g/mol. The zero-order chi connectivity index (χ0) is 23.3. The molecule has 0 spiro atoms. The van der Waals surface area contributed by atoms with Gasteiger partial charge in [-0.05, 0) is 37.7 Å². The summed E-state index contributed by atoms with van der Waals surface area (Å²) in [6.45, 7) is 11.3. The van der Waals surface area contributed by atoms with Gasteiger partial charge in [-0.2, -0.15) is 0 Å². The number of rotatable bonds is 9. The maximum Gasteiger partial charge on any atom is 0.336 e. The second-order valence-corrected chi connectivity index (χ2v) is 9.66. The number of ketones is 1. The van der Waals surface area contributed by atoms with Crippen LogP contribution in [0, 0.1) is 5.41 Å². The smallest absolute Gasteiger partial charge is 0.336 e. The molecule has 1 aliphatic carbocycles. The summed E-state index contributed by atoms with van der Waals surface area (Å²) in [4.78, 5) is 26.7. The first-order chi connectivity index (χ1) is 15.3. The topological polar surface area (TPSA) is 64.6 Å². The Balaban J connectivity index is 2.09. The Morgan fingerprint density at radius 1 is 1.09 bits per heavy atom. The zero-order valence-electron chi connectivity index (χ0n) is 20.2. The Morgan fingerprint density at radius 2 is 1.78 bits per heavy atom. The van der Waals surface area contributed by atoms with Crippen LogP contribution >= 0.6 is 0 Å². The Hall–Kier alpha value is -2.56. The molecule has 0 saturated carbocycles. The highest BCUT2D eigenvalue weighted by Gasteiger charge is 2.43. The maximum atomic E-state index is 13.4. The third-order valence-corrected chi connectivity index (χ3v) is 6.18. The van der Waals surface area contributed by atoms with Crippen LogP contribution in [0.25, 0.3) is 0 Å². The molecule has 0 bridgehead atoms. The summed E-state index contributed by atoms with van der Waals surface area (Å²) in [5, 5.41) is 3.39. The van der Waals surface area contributed by atoms with Crippen LogP contribution in [0.3, 0.4) is 0 Å². The summed E-state index contributed by atoms with van der Waals surface area (Å²) in [7, 11) is 0. The van der Waals surface area contributed by atoms with Gasteiger partial charge in [0.15, 0.2) is 5.78 Å². The summed E-state index contributed by atoms with van der Waals surface area (Å²) in [6.07, 6.45) is 4.96. The largest absolute Gasteiger partial charge is 0.493 e. The number of benzene rings is 1. The number of carbonyl (C=O) groups is 2. The molecule has 0 saturated heterocycles. The van der Waals surface area contributed by atoms with Gasteiger partial charge >= 0.3 is 5.97 Å². The van der Waals surface area contributed by atoms with E-state index >= 15 is 0 Å². The van der Waals surface area contributed by atoms with Crippen LogP contribution in [-0.4, -0.2) is 25.0 Å². The van der Waals surface area contributed by atoms with Gasteiger partial charge in [0.25, 0.3) is 0 Å². The first-order valence-corrected chi connectivity index (χ1v) is 11.9. The molecule has 1 N–H and O–H groups in total. The molecular formula is C27H37NO4. The van der Waals surface area contributed by atoms with E-state index in [2.05, 4.69) is 33.0 Å². The summed E-state index contributed by atoms with van der Waals surface area (Å²) in [6, 6.07) is 7.78. The van der Waals surface area contributed by atoms with E-state index in [1.165, 1.54) is 0 Å². The maximum absolute atomic E-state index is 13.4. The molecule has 174 valence electrons. The fraction of sp³-hybridized carbons (Fsp3) is 0.556. The van der Waals surface area contributed by atoms with Crippen LogP contribution < -0.4 is 10.1 Å². The number of hydrogen-bond donors (Lipinski definition) is 1. The van der Waals surface area contributed by atoms with Gasteiger partial charge in [0.2, 0.25) is 0 Å². The Labute approximate surface area is 192 Å². The quantitative estimate of drug-likeness (QED) is 0.388. The van der Waals surface area contributed by atoms with Crippen molar-refractivity contribution in [3.05, 3.63) is 52.4 Å². The summed E-state index contributed by atoms with van der Waals surface area (Å²) >= 11 is 0. The predicted octanol–water partition coefficient (Wildman–Crippen LogP) is 5.81. The van der Waals surface area contributed by atoms with E-state index in [9.17, 15) is 9.59 Å². The molecule has 0 aromatic heterocycles. The van der Waals surface area contributed by atoms with E-state index in [4.69, 9.17) is 9.47 Å². The molecule has 1 aromatic rings. The van der Waals surface area contributed by atoms with E-state index in [1.54, 1.807) is 0 Å². The normalized spacial score (nSPS) is 20.0. The van der Waals surface area contributed by atoms with Gasteiger partial charge in [-0.3, -0.25) is 4.79 Å². The monoisotopic (exact) mass is 439 g/mol. The average Bonchev–Trinajstić information content (AvgIpc) is 2.72. The van der Waals surface area contributed by atoms with Gasteiger partial charge in [0, 0.05) is 29.0 Å². The van der Waals surface area contributed by atoms with E-state index in [0.717, 1.165) is 54.8 Å². The SMILES string of the molecule is CCCCOC(=O)C1=C(C)NC2=C(C(=O)CC(C)(C)C2)[C@H]1c1ccccc1OCCCC. The van der Waals surface area contributed by atoms with Gasteiger partial charge in [0.1, 0.15) is 5.75 Å². The molecule has 5 nitrogen and oxygen atoms in total. The molecule has 0 radical (unpaired) electrons. The summed E-state index contributed by atoms with van der Waals surface area (Å²) in [5.41, 5.74) is 3.60. The van der Waals surface area contributed by atoms with Crippen molar-refractivity contribution < 1.29 is 19.1 Å². The summed E-state index contributed by atoms with van der Waals surface area (Å²) in [5.74, 6) is -0.0322. The predicted molar refractivity (Wildman–Crippen MR) is 126 cm³/mol. The van der Waals surface area contributed by atoms with Crippen molar-refractivity contribution in [3.63, 3.8) is 0 Å². The Bertz CT molecular complexity index is 925. The van der Waals surface area contributed by atoms with E-state index in [0.29, 0.717) is 30.8 Å². The molecule has 32 heavy (non-hydrogen) atoms. The molecular weight excluding hydrogens is 402 g/mol. The molecule has 0 unspecified atom stereocenters. The van der Waals surface area contributed by atoms with E-state index < -0.39 is 5.92 Å². The lowest BCUT2D eigenvalue weighted by Gasteiger charge is -2.39. The minimum Gasteiger partial charge on any atom is -0.493 e. The summed E-state index contributed by atoms with van der Waals surface area (Å²) < 4.78 is 11.7. The minimum absolute atomic E-state index is 0.0865. The van der Waals surface area contributed by atoms with Crippen molar-refractivity contribution >= 4 is 11.8 Å². The molecule has 1 aromatic carbocycles. The van der Waals surface area contributed by atoms with Crippen molar-refractivity contribution in [2.24, 2.45) is 5.41 Å². The number of allylic oxidation sites excluding steroid dienone is 3. The van der Waals surface area contributed by atoms with Crippen LogP contribution in [0.2, 0.25) is 0 Å². The third-order valence-electron chi connectivity index (χ3n) is 6.18. The number of ether oxygens (including phenoxy) is 2. The number of esters is 1. The lowest BCUT2D eigenvalue weighted by molar-refractivity contribution is -0.139. The molecule has 5 heteroatoms. The van der Waals surface area contributed by atoms with Crippen LogP contribution in [0.1, 0.15) is 84.6 Å². The highest BCUT2D eigenvalue weighted by atomic mass is 16.5. The first kappa shape index (κ1) is 24.1. The number of para-hydroxylation sites is 1. The van der Waals surface area contributed by atoms with Crippen molar-refractivity contribution in [3.8, 4) is 5.75 Å². The number of Topliss-reactive ketones (excluding diaryl/α,β-unsaturated/α-hetero) is 1.